The first-order valence-corrected chi connectivity index (χ1v) is 11.4. The van der Waals surface area contributed by atoms with Crippen LogP contribution >= 0.6 is 34.2 Å². The highest BCUT2D eigenvalue weighted by molar-refractivity contribution is 14.1. The molecule has 0 saturated heterocycles. The van der Waals surface area contributed by atoms with Crippen molar-refractivity contribution in [2.24, 2.45) is 4.99 Å². The maximum absolute atomic E-state index is 12.4. The van der Waals surface area contributed by atoms with E-state index in [4.69, 9.17) is 25.8 Å². The lowest BCUT2D eigenvalue weighted by Gasteiger charge is -2.12. The smallest absolute Gasteiger partial charge is 0.363 e. The molecule has 1 aliphatic rings. The average molecular weight is 560 g/mol. The highest BCUT2D eigenvalue weighted by Gasteiger charge is 2.26. The molecule has 0 aliphatic carbocycles. The van der Waals surface area contributed by atoms with Crippen molar-refractivity contribution in [2.45, 2.75) is 13.5 Å². The lowest BCUT2D eigenvalue weighted by Crippen LogP contribution is -2.06. The summed E-state index contributed by atoms with van der Waals surface area (Å²) < 4.78 is 18.0. The van der Waals surface area contributed by atoms with Crippen molar-refractivity contribution in [3.8, 4) is 11.5 Å². The molecule has 0 fully saturated rings. The highest BCUT2D eigenvalue weighted by Crippen LogP contribution is 2.31. The summed E-state index contributed by atoms with van der Waals surface area (Å²) in [7, 11) is 0. The van der Waals surface area contributed by atoms with Gasteiger partial charge < -0.3 is 14.2 Å². The van der Waals surface area contributed by atoms with Gasteiger partial charge in [-0.1, -0.05) is 48.0 Å². The van der Waals surface area contributed by atoms with Crippen molar-refractivity contribution in [3.05, 3.63) is 97.7 Å². The second-order valence-corrected chi connectivity index (χ2v) is 8.53. The zero-order chi connectivity index (χ0) is 22.5. The zero-order valence-electron chi connectivity index (χ0n) is 17.2. The highest BCUT2D eigenvalue weighted by atomic mass is 127. The zero-order valence-corrected chi connectivity index (χ0v) is 20.1. The molecule has 0 N–H and O–H groups in total. The molecule has 162 valence electrons. The number of rotatable bonds is 7. The Labute approximate surface area is 204 Å². The number of carbonyl (C=O) groups excluding carboxylic acids is 1. The van der Waals surface area contributed by atoms with E-state index in [1.54, 1.807) is 12.1 Å². The summed E-state index contributed by atoms with van der Waals surface area (Å²) in [6.07, 6.45) is 1.65. The van der Waals surface area contributed by atoms with Crippen LogP contribution in [0.3, 0.4) is 0 Å². The summed E-state index contributed by atoms with van der Waals surface area (Å²) in [6.45, 7) is 2.82. The molecule has 4 rings (SSSR count). The molecule has 32 heavy (non-hydrogen) atoms. The van der Waals surface area contributed by atoms with Crippen molar-refractivity contribution >= 4 is 52.1 Å². The van der Waals surface area contributed by atoms with E-state index in [-0.39, 0.29) is 11.6 Å². The Kier molecular flexibility index (Phi) is 7.12. The quantitative estimate of drug-likeness (QED) is 0.195. The maximum Gasteiger partial charge on any atom is 0.363 e. The number of ether oxygens (including phenoxy) is 3. The van der Waals surface area contributed by atoms with Crippen LogP contribution in [0, 0.1) is 3.57 Å². The Morgan fingerprint density at radius 2 is 1.84 bits per heavy atom. The molecule has 1 heterocycles. The summed E-state index contributed by atoms with van der Waals surface area (Å²) in [5, 5.41) is 0.469. The van der Waals surface area contributed by atoms with Gasteiger partial charge in [0.25, 0.3) is 0 Å². The van der Waals surface area contributed by atoms with Crippen LogP contribution in [0.2, 0.25) is 5.02 Å². The van der Waals surface area contributed by atoms with E-state index < -0.39 is 5.97 Å². The number of halogens is 2. The van der Waals surface area contributed by atoms with Crippen molar-refractivity contribution in [2.75, 3.05) is 6.61 Å². The molecule has 5 nitrogen and oxygen atoms in total. The molecule has 0 saturated carbocycles. The topological polar surface area (TPSA) is 57.1 Å². The van der Waals surface area contributed by atoms with Crippen molar-refractivity contribution in [1.82, 2.24) is 0 Å². The fourth-order valence-electron chi connectivity index (χ4n) is 3.08. The predicted molar refractivity (Wildman–Crippen MR) is 133 cm³/mol. The van der Waals surface area contributed by atoms with E-state index in [9.17, 15) is 4.79 Å². The molecular formula is C25H19ClINO4. The molecule has 1 aliphatic heterocycles. The van der Waals surface area contributed by atoms with Crippen molar-refractivity contribution in [3.63, 3.8) is 0 Å². The Balaban J connectivity index is 1.59. The molecule has 0 aromatic heterocycles. The molecular weight excluding hydrogens is 541 g/mol. The second kappa shape index (κ2) is 10.2. The van der Waals surface area contributed by atoms with E-state index in [0.29, 0.717) is 35.3 Å². The minimum absolute atomic E-state index is 0.190. The molecule has 3 aromatic carbocycles. The van der Waals surface area contributed by atoms with Gasteiger partial charge in [-0.05, 0) is 77.0 Å². The molecule has 0 amide bonds. The van der Waals surface area contributed by atoms with Crippen molar-refractivity contribution in [1.29, 1.82) is 0 Å². The third-order valence-corrected chi connectivity index (χ3v) is 5.59. The third kappa shape index (κ3) is 5.31. The fourth-order valence-corrected chi connectivity index (χ4v) is 3.77. The van der Waals surface area contributed by atoms with Gasteiger partial charge in [0.15, 0.2) is 17.2 Å². The minimum Gasteiger partial charge on any atom is -0.490 e. The van der Waals surface area contributed by atoms with E-state index >= 15 is 0 Å². The monoisotopic (exact) mass is 559 g/mol. The summed E-state index contributed by atoms with van der Waals surface area (Å²) in [4.78, 5) is 16.7. The number of esters is 1. The number of hydrogen-bond donors (Lipinski definition) is 0. The van der Waals surface area contributed by atoms with E-state index in [0.717, 1.165) is 14.7 Å². The van der Waals surface area contributed by atoms with Crippen LogP contribution in [0.15, 0.2) is 77.4 Å². The van der Waals surface area contributed by atoms with E-state index in [2.05, 4.69) is 27.6 Å². The summed E-state index contributed by atoms with van der Waals surface area (Å²) in [5.74, 6) is 0.880. The Morgan fingerprint density at radius 1 is 1.03 bits per heavy atom. The molecule has 0 unspecified atom stereocenters. The molecule has 0 atom stereocenters. The van der Waals surface area contributed by atoms with Gasteiger partial charge in [-0.15, -0.1) is 0 Å². The van der Waals surface area contributed by atoms with E-state index in [1.165, 1.54) is 0 Å². The minimum atomic E-state index is -0.530. The first-order chi connectivity index (χ1) is 15.5. The number of aliphatic imine (C=N–C) groups is 1. The number of carbonyl (C=O) groups is 1. The lowest BCUT2D eigenvalue weighted by molar-refractivity contribution is -0.129. The van der Waals surface area contributed by atoms with Crippen LogP contribution in [-0.2, 0) is 16.1 Å². The number of hydrogen-bond acceptors (Lipinski definition) is 5. The van der Waals surface area contributed by atoms with Crippen LogP contribution in [0.25, 0.3) is 6.08 Å². The van der Waals surface area contributed by atoms with Gasteiger partial charge in [0, 0.05) is 3.57 Å². The number of benzene rings is 3. The van der Waals surface area contributed by atoms with Crippen LogP contribution in [0.4, 0.5) is 0 Å². The van der Waals surface area contributed by atoms with Crippen LogP contribution < -0.4 is 9.47 Å². The predicted octanol–water partition coefficient (Wildman–Crippen LogP) is 6.27. The Morgan fingerprint density at radius 3 is 2.62 bits per heavy atom. The third-order valence-electron chi connectivity index (χ3n) is 4.59. The fraction of sp³-hybridized carbons (Fsp3) is 0.120. The number of cyclic esters (lactones) is 1. The second-order valence-electron chi connectivity index (χ2n) is 6.87. The van der Waals surface area contributed by atoms with Gasteiger partial charge in [-0.2, -0.15) is 0 Å². The Bertz CT molecular complexity index is 1210. The molecule has 7 heteroatoms. The lowest BCUT2D eigenvalue weighted by atomic mass is 10.1. The molecule has 0 bridgehead atoms. The van der Waals surface area contributed by atoms with Crippen LogP contribution in [-0.4, -0.2) is 18.5 Å². The van der Waals surface area contributed by atoms with Gasteiger partial charge in [-0.25, -0.2) is 9.79 Å². The number of nitrogens with zero attached hydrogens (tertiary/aromatic N) is 1. The standard InChI is InChI=1S/C25H19ClINO4/c1-2-30-23-13-17(8-11-22(23)31-15-16-6-4-3-5-7-16)12-21-25(29)32-24(28-21)19-14-18(27)9-10-20(19)26/h3-14H,2,15H2,1H3/b21-12-. The summed E-state index contributed by atoms with van der Waals surface area (Å²) in [5.41, 5.74) is 2.57. The average Bonchev–Trinajstić information content (AvgIpc) is 3.15. The van der Waals surface area contributed by atoms with Crippen LogP contribution in [0.1, 0.15) is 23.6 Å². The van der Waals surface area contributed by atoms with Gasteiger partial charge >= 0.3 is 5.97 Å². The normalized spacial score (nSPS) is 14.3. The summed E-state index contributed by atoms with van der Waals surface area (Å²) in [6, 6.07) is 20.8. The summed E-state index contributed by atoms with van der Waals surface area (Å²) >= 11 is 8.42. The molecule has 0 spiro atoms. The van der Waals surface area contributed by atoms with Gasteiger partial charge in [-0.3, -0.25) is 0 Å². The molecule has 3 aromatic rings. The van der Waals surface area contributed by atoms with E-state index in [1.807, 2.05) is 67.6 Å². The van der Waals surface area contributed by atoms with Gasteiger partial charge in [0.2, 0.25) is 5.90 Å². The van der Waals surface area contributed by atoms with Gasteiger partial charge in [0.05, 0.1) is 17.2 Å². The van der Waals surface area contributed by atoms with Crippen molar-refractivity contribution < 1.29 is 19.0 Å². The maximum atomic E-state index is 12.4. The first kappa shape index (κ1) is 22.4. The first-order valence-electron chi connectivity index (χ1n) is 9.95. The largest absolute Gasteiger partial charge is 0.490 e. The van der Waals surface area contributed by atoms with Crippen LogP contribution in [0.5, 0.6) is 11.5 Å². The molecule has 0 radical (unpaired) electrons. The van der Waals surface area contributed by atoms with Gasteiger partial charge in [0.1, 0.15) is 6.61 Å². The SMILES string of the molecule is CCOc1cc(/C=C2\N=C(c3cc(I)ccc3Cl)OC2=O)ccc1OCc1ccccc1. The Hall–Kier alpha value is -2.84.